The van der Waals surface area contributed by atoms with Crippen molar-refractivity contribution in [2.45, 2.75) is 32.5 Å². The van der Waals surface area contributed by atoms with Crippen LogP contribution in [0.4, 0.5) is 14.6 Å². The van der Waals surface area contributed by atoms with Crippen molar-refractivity contribution in [3.8, 4) is 16.9 Å². The Balaban J connectivity index is 1.57. The van der Waals surface area contributed by atoms with Gasteiger partial charge in [0.25, 0.3) is 0 Å². The van der Waals surface area contributed by atoms with E-state index in [0.717, 1.165) is 0 Å². The minimum absolute atomic E-state index is 0.0259. The van der Waals surface area contributed by atoms with Crippen LogP contribution in [0.25, 0.3) is 27.5 Å². The third kappa shape index (κ3) is 3.38. The number of nitrogens with one attached hydrogen (secondary N) is 2. The van der Waals surface area contributed by atoms with Gasteiger partial charge < -0.3 is 10.1 Å². The fraction of sp³-hybridized carbons (Fsp3) is 0.286. The molecule has 0 saturated heterocycles. The monoisotopic (exact) mass is 445 g/mol. The first-order valence-corrected chi connectivity index (χ1v) is 10.2. The second-order valence-corrected chi connectivity index (χ2v) is 8.20. The summed E-state index contributed by atoms with van der Waals surface area (Å²) < 4.78 is 35.4. The van der Waals surface area contributed by atoms with Crippen LogP contribution >= 0.6 is 11.6 Å². The number of pyridine rings is 1. The van der Waals surface area contributed by atoms with E-state index in [1.165, 1.54) is 0 Å². The highest BCUT2D eigenvalue weighted by atomic mass is 35.5. The molecule has 10 heteroatoms. The number of carbonyl (C=O) groups is 1. The van der Waals surface area contributed by atoms with Gasteiger partial charge in [-0.15, -0.1) is 0 Å². The molecular weight excluding hydrogens is 428 g/mol. The van der Waals surface area contributed by atoms with Crippen LogP contribution in [0.3, 0.4) is 0 Å². The number of aromatic amines is 1. The van der Waals surface area contributed by atoms with Gasteiger partial charge in [-0.1, -0.05) is 11.6 Å². The van der Waals surface area contributed by atoms with E-state index in [9.17, 15) is 9.18 Å². The number of aromatic nitrogens is 4. The molecule has 1 amide bonds. The second kappa shape index (κ2) is 7.19. The molecular formula is C21H18ClF2N5O2. The lowest BCUT2D eigenvalue weighted by atomic mass is 10.0. The lowest BCUT2D eigenvalue weighted by Crippen LogP contribution is -2.15. The van der Waals surface area contributed by atoms with Gasteiger partial charge in [0.15, 0.2) is 17.4 Å². The van der Waals surface area contributed by atoms with Gasteiger partial charge in [-0.2, -0.15) is 10.2 Å². The molecule has 5 rings (SSSR count). The zero-order valence-electron chi connectivity index (χ0n) is 16.6. The Labute approximate surface area is 180 Å². The Morgan fingerprint density at radius 1 is 1.42 bits per heavy atom. The fourth-order valence-corrected chi connectivity index (χ4v) is 3.88. The van der Waals surface area contributed by atoms with E-state index in [-0.39, 0.29) is 29.2 Å². The van der Waals surface area contributed by atoms with Crippen molar-refractivity contribution in [1.82, 2.24) is 19.8 Å². The summed E-state index contributed by atoms with van der Waals surface area (Å²) in [6.45, 7) is 3.59. The van der Waals surface area contributed by atoms with Crippen molar-refractivity contribution >= 4 is 39.7 Å². The highest BCUT2D eigenvalue weighted by Crippen LogP contribution is 2.43. The molecule has 31 heavy (non-hydrogen) atoms. The Kier molecular flexibility index (Phi) is 4.58. The van der Waals surface area contributed by atoms with Gasteiger partial charge >= 0.3 is 0 Å². The molecule has 2 atom stereocenters. The molecule has 1 aliphatic rings. The minimum atomic E-state index is -1.08. The Bertz CT molecular complexity index is 1330. The summed E-state index contributed by atoms with van der Waals surface area (Å²) in [4.78, 5) is 12.0. The van der Waals surface area contributed by atoms with E-state index in [2.05, 4.69) is 20.6 Å². The van der Waals surface area contributed by atoms with Crippen LogP contribution in [0.15, 0.2) is 30.6 Å². The average Bonchev–Trinajstić information content (AvgIpc) is 3.11. The number of rotatable bonds is 5. The first-order valence-electron chi connectivity index (χ1n) is 9.79. The molecule has 0 radical (unpaired) electrons. The van der Waals surface area contributed by atoms with Crippen LogP contribution in [0.1, 0.15) is 20.3 Å². The maximum absolute atomic E-state index is 15.1. The topological polar surface area (TPSA) is 84.3 Å². The van der Waals surface area contributed by atoms with Crippen LogP contribution in [0.2, 0.25) is 5.02 Å². The number of ether oxygens (including phenoxy) is 1. The second-order valence-electron chi connectivity index (χ2n) is 7.82. The summed E-state index contributed by atoms with van der Waals surface area (Å²) in [6, 6.07) is 5.16. The molecule has 0 spiro atoms. The highest BCUT2D eigenvalue weighted by Gasteiger charge is 2.43. The molecule has 4 aromatic rings. The number of amides is 1. The normalized spacial score (nSPS) is 18.1. The number of nitrogens with zero attached hydrogens (tertiary/aromatic N) is 3. The summed E-state index contributed by atoms with van der Waals surface area (Å²) in [7, 11) is 0. The lowest BCUT2D eigenvalue weighted by Gasteiger charge is -2.15. The summed E-state index contributed by atoms with van der Waals surface area (Å²) in [6.07, 6.45) is 2.15. The number of H-pyrrole nitrogens is 1. The molecule has 1 fully saturated rings. The van der Waals surface area contributed by atoms with Crippen molar-refractivity contribution in [3.63, 3.8) is 0 Å². The van der Waals surface area contributed by atoms with Crippen molar-refractivity contribution < 1.29 is 18.3 Å². The van der Waals surface area contributed by atoms with Crippen LogP contribution in [0, 0.1) is 11.7 Å². The van der Waals surface area contributed by atoms with Crippen LogP contribution in [0.5, 0.6) is 5.75 Å². The molecule has 3 heterocycles. The molecule has 0 aliphatic heterocycles. The quantitative estimate of drug-likeness (QED) is 0.464. The average molecular weight is 446 g/mol. The van der Waals surface area contributed by atoms with Crippen LogP contribution in [-0.2, 0) is 4.79 Å². The van der Waals surface area contributed by atoms with Gasteiger partial charge in [0.05, 0.1) is 28.8 Å². The Morgan fingerprint density at radius 3 is 2.90 bits per heavy atom. The third-order valence-electron chi connectivity index (χ3n) is 5.15. The summed E-state index contributed by atoms with van der Waals surface area (Å²) in [5.41, 5.74) is 2.17. The van der Waals surface area contributed by atoms with E-state index in [1.54, 1.807) is 49.0 Å². The van der Waals surface area contributed by atoms with Crippen LogP contribution in [-0.4, -0.2) is 38.0 Å². The van der Waals surface area contributed by atoms with Crippen molar-refractivity contribution in [1.29, 1.82) is 0 Å². The number of fused-ring (bicyclic) bond motifs is 2. The molecule has 3 aromatic heterocycles. The first-order chi connectivity index (χ1) is 14.8. The van der Waals surface area contributed by atoms with E-state index in [4.69, 9.17) is 16.3 Å². The number of benzene rings is 1. The van der Waals surface area contributed by atoms with Crippen LogP contribution < -0.4 is 10.1 Å². The fourth-order valence-electron chi connectivity index (χ4n) is 3.58. The molecule has 2 unspecified atom stereocenters. The third-order valence-corrected chi connectivity index (χ3v) is 5.51. The lowest BCUT2D eigenvalue weighted by molar-refractivity contribution is -0.117. The number of hydrogen-bond donors (Lipinski definition) is 2. The van der Waals surface area contributed by atoms with E-state index >= 15 is 4.39 Å². The largest absolute Gasteiger partial charge is 0.486 e. The maximum atomic E-state index is 15.1. The van der Waals surface area contributed by atoms with Gasteiger partial charge in [0, 0.05) is 23.2 Å². The number of carbonyl (C=O) groups excluding carboxylic acids is 1. The van der Waals surface area contributed by atoms with E-state index < -0.39 is 17.9 Å². The van der Waals surface area contributed by atoms with Gasteiger partial charge in [-0.05, 0) is 38.0 Å². The summed E-state index contributed by atoms with van der Waals surface area (Å²) in [5.74, 6) is -1.33. The molecule has 160 valence electrons. The SMILES string of the molecule is CC(C)Oc1c(F)c(Cl)c(-c2ccn3nc(NC(=O)C4CC4F)cc3c2)c2cn[nH]c12. The van der Waals surface area contributed by atoms with Gasteiger partial charge in [0.2, 0.25) is 5.91 Å². The number of alkyl halides is 1. The molecule has 1 saturated carbocycles. The molecule has 0 bridgehead atoms. The molecule has 2 N–H and O–H groups in total. The predicted molar refractivity (Wildman–Crippen MR) is 113 cm³/mol. The van der Waals surface area contributed by atoms with Crippen molar-refractivity contribution in [2.75, 3.05) is 5.32 Å². The zero-order valence-corrected chi connectivity index (χ0v) is 17.4. The van der Waals surface area contributed by atoms with E-state index in [1.807, 2.05) is 0 Å². The Hall–Kier alpha value is -3.20. The summed E-state index contributed by atoms with van der Waals surface area (Å²) >= 11 is 6.42. The molecule has 1 aromatic carbocycles. The summed E-state index contributed by atoms with van der Waals surface area (Å²) in [5, 5.41) is 14.3. The van der Waals surface area contributed by atoms with Gasteiger partial charge in [-0.3, -0.25) is 9.89 Å². The standard InChI is InChI=1S/C21H18ClF2N5O2/c1-9(2)31-20-18(24)17(22)16(13-8-25-27-19(13)20)10-3-4-29-11(5-10)6-15(28-29)26-21(30)12-7-14(12)23/h3-6,8-9,12,14H,7H2,1-2H3,(H,25,27)(H,26,28,30). The number of halogens is 3. The van der Waals surface area contributed by atoms with E-state index in [0.29, 0.717) is 33.4 Å². The first kappa shape index (κ1) is 19.7. The Morgan fingerprint density at radius 2 is 2.19 bits per heavy atom. The minimum Gasteiger partial charge on any atom is -0.486 e. The molecule has 7 nitrogen and oxygen atoms in total. The number of hydrogen-bond acceptors (Lipinski definition) is 4. The predicted octanol–water partition coefficient (Wildman–Crippen LogP) is 4.75. The maximum Gasteiger partial charge on any atom is 0.231 e. The van der Waals surface area contributed by atoms with Gasteiger partial charge in [0.1, 0.15) is 11.7 Å². The smallest absolute Gasteiger partial charge is 0.231 e. The molecule has 1 aliphatic carbocycles. The van der Waals surface area contributed by atoms with Crippen molar-refractivity contribution in [3.05, 3.63) is 41.4 Å². The zero-order chi connectivity index (χ0) is 21.9. The number of anilines is 1. The highest BCUT2D eigenvalue weighted by molar-refractivity contribution is 6.35. The van der Waals surface area contributed by atoms with Gasteiger partial charge in [-0.25, -0.2) is 13.3 Å². The van der Waals surface area contributed by atoms with Crippen molar-refractivity contribution in [2.24, 2.45) is 5.92 Å².